The van der Waals surface area contributed by atoms with Crippen molar-refractivity contribution >= 4 is 22.8 Å². The summed E-state index contributed by atoms with van der Waals surface area (Å²) in [5.41, 5.74) is 10.4. The lowest BCUT2D eigenvalue weighted by Crippen LogP contribution is -2.35. The minimum Gasteiger partial charge on any atom is -0.496 e. The fourth-order valence-corrected chi connectivity index (χ4v) is 5.22. The van der Waals surface area contributed by atoms with Crippen molar-refractivity contribution in [2.45, 2.75) is 38.6 Å². The molecule has 0 unspecified atom stereocenters. The molecule has 3 aromatic carbocycles. The van der Waals surface area contributed by atoms with Gasteiger partial charge in [-0.2, -0.15) is 0 Å². The first-order valence-electron chi connectivity index (χ1n) is 13.2. The molecule has 41 heavy (non-hydrogen) atoms. The molecule has 1 aliphatic carbocycles. The van der Waals surface area contributed by atoms with Crippen LogP contribution in [-0.2, 0) is 12.0 Å². The Labute approximate surface area is 235 Å². The molecule has 0 atom stereocenters. The number of oxazole rings is 1. The maximum atomic E-state index is 13.5. The lowest BCUT2D eigenvalue weighted by Gasteiger charge is -2.18. The topological polar surface area (TPSA) is 121 Å². The zero-order chi connectivity index (χ0) is 28.9. The van der Waals surface area contributed by atoms with E-state index < -0.39 is 17.3 Å². The molecule has 1 aliphatic rings. The molecule has 0 bridgehead atoms. The van der Waals surface area contributed by atoms with Crippen LogP contribution in [0, 0.1) is 19.7 Å². The van der Waals surface area contributed by atoms with Gasteiger partial charge in [0.1, 0.15) is 34.9 Å². The van der Waals surface area contributed by atoms with Gasteiger partial charge in [0.05, 0.1) is 23.8 Å². The van der Waals surface area contributed by atoms with Crippen LogP contribution in [0.25, 0.3) is 22.3 Å². The maximum Gasteiger partial charge on any atom is 0.255 e. The van der Waals surface area contributed by atoms with Gasteiger partial charge < -0.3 is 24.6 Å². The second kappa shape index (κ2) is 9.92. The third kappa shape index (κ3) is 4.84. The molecule has 1 fully saturated rings. The van der Waals surface area contributed by atoms with Crippen molar-refractivity contribution in [2.24, 2.45) is 5.73 Å². The van der Waals surface area contributed by atoms with Crippen LogP contribution >= 0.6 is 0 Å². The van der Waals surface area contributed by atoms with Crippen LogP contribution in [0.5, 0.6) is 5.75 Å². The monoisotopic (exact) mass is 553 g/mol. The predicted octanol–water partition coefficient (Wildman–Crippen LogP) is 5.96. The zero-order valence-electron chi connectivity index (χ0n) is 22.8. The number of ether oxygens (including phenoxy) is 1. The van der Waals surface area contributed by atoms with Crippen molar-refractivity contribution < 1.29 is 27.6 Å². The summed E-state index contributed by atoms with van der Waals surface area (Å²) in [5.74, 6) is 0.0233. The second-order valence-electron chi connectivity index (χ2n) is 10.5. The number of methoxy groups -OCH3 is 1. The Kier molecular flexibility index (Phi) is 6.37. The first-order valence-corrected chi connectivity index (χ1v) is 13.2. The highest BCUT2D eigenvalue weighted by Gasteiger charge is 2.48. The Morgan fingerprint density at radius 1 is 1.10 bits per heavy atom. The number of furan rings is 1. The smallest absolute Gasteiger partial charge is 0.255 e. The Balaban J connectivity index is 1.33. The van der Waals surface area contributed by atoms with Crippen molar-refractivity contribution in [2.75, 3.05) is 7.11 Å². The highest BCUT2D eigenvalue weighted by atomic mass is 19.1. The average molecular weight is 554 g/mol. The number of primary amides is 1. The van der Waals surface area contributed by atoms with Crippen molar-refractivity contribution in [1.29, 1.82) is 0 Å². The molecule has 0 spiro atoms. The number of nitrogens with one attached hydrogen (secondary N) is 1. The quantitative estimate of drug-likeness (QED) is 0.245. The van der Waals surface area contributed by atoms with Gasteiger partial charge in [-0.15, -0.1) is 0 Å². The van der Waals surface area contributed by atoms with E-state index >= 15 is 0 Å². The number of carbonyl (C=O) groups is 2. The van der Waals surface area contributed by atoms with Gasteiger partial charge in [-0.25, -0.2) is 9.37 Å². The minimum absolute atomic E-state index is 0.234. The molecule has 1 saturated carbocycles. The van der Waals surface area contributed by atoms with Gasteiger partial charge in [-0.05, 0) is 91.4 Å². The SMILES string of the molecule is COc1cc(C)c(Cc2ccc3oc(-c4ccc(F)cc4)c(C(N)=O)c3c2)cc1C(=O)NC1(c2coc(C)n2)CC1. The Morgan fingerprint density at radius 2 is 1.85 bits per heavy atom. The number of rotatable bonds is 8. The summed E-state index contributed by atoms with van der Waals surface area (Å²) in [6.45, 7) is 3.73. The molecule has 0 aliphatic heterocycles. The summed E-state index contributed by atoms with van der Waals surface area (Å²) >= 11 is 0. The number of hydrogen-bond acceptors (Lipinski definition) is 6. The van der Waals surface area contributed by atoms with E-state index in [1.807, 2.05) is 31.2 Å². The highest BCUT2D eigenvalue weighted by Crippen LogP contribution is 2.45. The van der Waals surface area contributed by atoms with Crippen LogP contribution in [-0.4, -0.2) is 23.9 Å². The second-order valence-corrected chi connectivity index (χ2v) is 10.5. The molecule has 2 aromatic heterocycles. The highest BCUT2D eigenvalue weighted by molar-refractivity contribution is 6.10. The number of carbonyl (C=O) groups excluding carboxylic acids is 2. The van der Waals surface area contributed by atoms with Gasteiger partial charge in [0.2, 0.25) is 0 Å². The molecule has 0 saturated heterocycles. The van der Waals surface area contributed by atoms with Crippen molar-refractivity contribution in [3.05, 3.63) is 106 Å². The predicted molar refractivity (Wildman–Crippen MR) is 150 cm³/mol. The van der Waals surface area contributed by atoms with Crippen molar-refractivity contribution in [3.8, 4) is 17.1 Å². The maximum absolute atomic E-state index is 13.5. The number of aryl methyl sites for hydroxylation is 2. The standard InChI is InChI=1S/C32H28FN3O5/c1-17-12-26(39-3)24(31(38)36-32(10-11-32)27-16-40-18(2)35-27)15-21(17)13-19-4-9-25-23(14-19)28(30(34)37)29(41-25)20-5-7-22(33)8-6-20/h4-9,12,14-16H,10-11,13H2,1-3H3,(H2,34,37)(H,36,38). The number of aromatic nitrogens is 1. The van der Waals surface area contributed by atoms with E-state index in [9.17, 15) is 14.0 Å². The molecular formula is C32H28FN3O5. The third-order valence-electron chi connectivity index (χ3n) is 7.61. The summed E-state index contributed by atoms with van der Waals surface area (Å²) in [4.78, 5) is 30.4. The summed E-state index contributed by atoms with van der Waals surface area (Å²) in [6.07, 6.45) is 3.63. The fourth-order valence-electron chi connectivity index (χ4n) is 5.22. The minimum atomic E-state index is -0.642. The summed E-state index contributed by atoms with van der Waals surface area (Å²) < 4.78 is 30.4. The molecule has 0 radical (unpaired) electrons. The first-order chi connectivity index (χ1) is 19.7. The Morgan fingerprint density at radius 3 is 2.49 bits per heavy atom. The molecule has 208 valence electrons. The lowest BCUT2D eigenvalue weighted by atomic mass is 9.95. The van der Waals surface area contributed by atoms with Gasteiger partial charge in [0.15, 0.2) is 5.89 Å². The molecule has 2 amide bonds. The molecular weight excluding hydrogens is 525 g/mol. The number of benzene rings is 3. The molecule has 3 N–H and O–H groups in total. The van der Waals surface area contributed by atoms with Crippen LogP contribution < -0.4 is 15.8 Å². The average Bonchev–Trinajstić information content (AvgIpc) is 3.41. The fraction of sp³-hybridized carbons (Fsp3) is 0.219. The van der Waals surface area contributed by atoms with E-state index in [-0.39, 0.29) is 11.5 Å². The van der Waals surface area contributed by atoms with E-state index in [0.717, 1.165) is 29.5 Å². The lowest BCUT2D eigenvalue weighted by molar-refractivity contribution is 0.0925. The van der Waals surface area contributed by atoms with E-state index in [0.29, 0.717) is 51.6 Å². The summed E-state index contributed by atoms with van der Waals surface area (Å²) in [6, 6.07) is 14.9. The van der Waals surface area contributed by atoms with E-state index in [4.69, 9.17) is 19.3 Å². The van der Waals surface area contributed by atoms with Gasteiger partial charge in [0, 0.05) is 17.9 Å². The number of amides is 2. The Hall–Kier alpha value is -4.92. The summed E-state index contributed by atoms with van der Waals surface area (Å²) in [5, 5.41) is 3.70. The van der Waals surface area contributed by atoms with E-state index in [1.54, 1.807) is 31.4 Å². The third-order valence-corrected chi connectivity index (χ3v) is 7.61. The molecule has 9 heteroatoms. The van der Waals surface area contributed by atoms with Crippen LogP contribution in [0.3, 0.4) is 0 Å². The van der Waals surface area contributed by atoms with Crippen molar-refractivity contribution in [3.63, 3.8) is 0 Å². The molecule has 5 aromatic rings. The number of halogens is 1. The van der Waals surface area contributed by atoms with Gasteiger partial charge in [0.25, 0.3) is 11.8 Å². The van der Waals surface area contributed by atoms with Gasteiger partial charge in [-0.1, -0.05) is 6.07 Å². The van der Waals surface area contributed by atoms with Crippen molar-refractivity contribution in [1.82, 2.24) is 10.3 Å². The van der Waals surface area contributed by atoms with Crippen LogP contribution in [0.1, 0.15) is 61.8 Å². The normalized spacial score (nSPS) is 13.8. The zero-order valence-corrected chi connectivity index (χ0v) is 22.8. The largest absolute Gasteiger partial charge is 0.496 e. The van der Waals surface area contributed by atoms with Crippen LogP contribution in [0.2, 0.25) is 0 Å². The number of nitrogens with two attached hydrogens (primary N) is 1. The van der Waals surface area contributed by atoms with Gasteiger partial charge in [-0.3, -0.25) is 9.59 Å². The molecule has 8 nitrogen and oxygen atoms in total. The van der Waals surface area contributed by atoms with Crippen LogP contribution in [0.4, 0.5) is 4.39 Å². The number of hydrogen-bond donors (Lipinski definition) is 2. The number of fused-ring (bicyclic) bond motifs is 1. The molecule has 6 rings (SSSR count). The summed E-state index contributed by atoms with van der Waals surface area (Å²) in [7, 11) is 1.54. The Bertz CT molecular complexity index is 1820. The van der Waals surface area contributed by atoms with Gasteiger partial charge >= 0.3 is 0 Å². The van der Waals surface area contributed by atoms with E-state index in [2.05, 4.69) is 10.3 Å². The first kappa shape index (κ1) is 26.3. The number of nitrogens with zero attached hydrogens (tertiary/aromatic N) is 1. The molecule has 2 heterocycles. The van der Waals surface area contributed by atoms with Crippen LogP contribution in [0.15, 0.2) is 69.7 Å². The van der Waals surface area contributed by atoms with E-state index in [1.165, 1.54) is 19.2 Å².